The molecular weight excluding hydrogens is 301 g/mol. The van der Waals surface area contributed by atoms with Crippen molar-refractivity contribution in [1.82, 2.24) is 5.32 Å². The third-order valence-electron chi connectivity index (χ3n) is 3.85. The first-order valence-corrected chi connectivity index (χ1v) is 8.70. The second kappa shape index (κ2) is 7.07. The van der Waals surface area contributed by atoms with Gasteiger partial charge >= 0.3 is 0 Å². The van der Waals surface area contributed by atoms with Crippen LogP contribution >= 0.6 is 23.2 Å². The summed E-state index contributed by atoms with van der Waals surface area (Å²) < 4.78 is 12.4. The summed E-state index contributed by atoms with van der Waals surface area (Å²) in [5.74, 6) is 1.25. The second-order valence-electron chi connectivity index (χ2n) is 4.98. The highest BCUT2D eigenvalue weighted by atomic mass is 35.5. The quantitative estimate of drug-likeness (QED) is 0.892. The van der Waals surface area contributed by atoms with E-state index in [1.54, 1.807) is 18.2 Å². The average molecular weight is 320 g/mol. The summed E-state index contributed by atoms with van der Waals surface area (Å²) in [5.41, 5.74) is 0. The van der Waals surface area contributed by atoms with Gasteiger partial charge < -0.3 is 5.32 Å². The summed E-state index contributed by atoms with van der Waals surface area (Å²) in [5, 5.41) is 4.35. The average Bonchev–Trinajstić information content (AvgIpc) is 2.83. The maximum atomic E-state index is 12.4. The van der Waals surface area contributed by atoms with Crippen molar-refractivity contribution in [2.45, 2.75) is 36.6 Å². The van der Waals surface area contributed by atoms with Crippen LogP contribution in [-0.4, -0.2) is 23.1 Å². The number of hydrogen-bond donors (Lipinski definition) is 1. The molecule has 0 amide bonds. The third-order valence-corrected chi connectivity index (χ3v) is 6.21. The molecule has 1 N–H and O–H groups in total. The van der Waals surface area contributed by atoms with E-state index in [1.807, 2.05) is 7.05 Å². The topological polar surface area (TPSA) is 29.1 Å². The Bertz CT molecular complexity index is 447. The highest BCUT2D eigenvalue weighted by Crippen LogP contribution is 2.31. The molecule has 5 heteroatoms. The molecule has 1 saturated carbocycles. The van der Waals surface area contributed by atoms with Crippen molar-refractivity contribution in [1.29, 1.82) is 0 Å². The molecule has 0 aliphatic heterocycles. The van der Waals surface area contributed by atoms with E-state index in [1.165, 1.54) is 19.3 Å². The Morgan fingerprint density at radius 1 is 1.32 bits per heavy atom. The van der Waals surface area contributed by atoms with Crippen molar-refractivity contribution in [3.05, 3.63) is 28.2 Å². The Morgan fingerprint density at radius 2 is 2.00 bits per heavy atom. The van der Waals surface area contributed by atoms with Crippen molar-refractivity contribution in [2.24, 2.45) is 5.92 Å². The molecule has 1 aliphatic carbocycles. The van der Waals surface area contributed by atoms with Gasteiger partial charge in [-0.05, 0) is 44.4 Å². The lowest BCUT2D eigenvalue weighted by Gasteiger charge is -2.18. The summed E-state index contributed by atoms with van der Waals surface area (Å²) in [7, 11) is 0.894. The second-order valence-corrected chi connectivity index (χ2v) is 7.30. The van der Waals surface area contributed by atoms with E-state index in [0.717, 1.165) is 6.42 Å². The van der Waals surface area contributed by atoms with E-state index in [0.29, 0.717) is 32.7 Å². The maximum Gasteiger partial charge on any atom is 0.0760 e. The Balaban J connectivity index is 1.98. The van der Waals surface area contributed by atoms with Crippen molar-refractivity contribution < 1.29 is 4.21 Å². The van der Waals surface area contributed by atoms with Crippen molar-refractivity contribution in [3.8, 4) is 0 Å². The molecule has 1 aliphatic rings. The van der Waals surface area contributed by atoms with Crippen molar-refractivity contribution in [3.63, 3.8) is 0 Å². The Hall–Kier alpha value is -0.0900. The van der Waals surface area contributed by atoms with Crippen LogP contribution in [0.4, 0.5) is 0 Å². The Kier molecular flexibility index (Phi) is 5.70. The molecule has 19 heavy (non-hydrogen) atoms. The van der Waals surface area contributed by atoms with Gasteiger partial charge in [0.1, 0.15) is 0 Å². The fourth-order valence-corrected chi connectivity index (χ4v) is 5.03. The predicted molar refractivity (Wildman–Crippen MR) is 82.5 cm³/mol. The van der Waals surface area contributed by atoms with Gasteiger partial charge in [-0.3, -0.25) is 4.21 Å². The smallest absolute Gasteiger partial charge is 0.0760 e. The Labute approximate surface area is 127 Å². The first-order chi connectivity index (χ1) is 9.13. The van der Waals surface area contributed by atoms with Gasteiger partial charge in [-0.15, -0.1) is 0 Å². The minimum atomic E-state index is -1.11. The molecule has 1 fully saturated rings. The van der Waals surface area contributed by atoms with Crippen LogP contribution in [0.25, 0.3) is 0 Å². The molecule has 1 aromatic rings. The molecule has 0 heterocycles. The SMILES string of the molecule is CNC1CCCC1CCS(=O)c1c(Cl)cccc1Cl. The monoisotopic (exact) mass is 319 g/mol. The standard InChI is InChI=1S/C14H19Cl2NOS/c1-17-13-7-2-4-10(13)8-9-19(18)14-11(15)5-3-6-12(14)16/h3,5-6,10,13,17H,2,4,7-9H2,1H3. The molecule has 3 unspecified atom stereocenters. The van der Waals surface area contributed by atoms with Gasteiger partial charge in [0.05, 0.1) is 25.7 Å². The number of halogens is 2. The molecule has 1 aromatic carbocycles. The number of rotatable bonds is 5. The van der Waals surface area contributed by atoms with E-state index in [9.17, 15) is 4.21 Å². The number of benzene rings is 1. The molecule has 0 bridgehead atoms. The fraction of sp³-hybridized carbons (Fsp3) is 0.571. The molecule has 106 valence electrons. The minimum Gasteiger partial charge on any atom is -0.317 e. The van der Waals surface area contributed by atoms with Gasteiger partial charge in [0, 0.05) is 11.8 Å². The third kappa shape index (κ3) is 3.72. The van der Waals surface area contributed by atoms with Crippen LogP contribution < -0.4 is 5.32 Å². The van der Waals surface area contributed by atoms with Gasteiger partial charge in [0.25, 0.3) is 0 Å². The molecular formula is C14H19Cl2NOS. The highest BCUT2D eigenvalue weighted by molar-refractivity contribution is 7.85. The largest absolute Gasteiger partial charge is 0.317 e. The van der Waals surface area contributed by atoms with Gasteiger partial charge in [-0.25, -0.2) is 0 Å². The van der Waals surface area contributed by atoms with Crippen LogP contribution in [-0.2, 0) is 10.8 Å². The van der Waals surface area contributed by atoms with E-state index in [4.69, 9.17) is 23.2 Å². The van der Waals surface area contributed by atoms with Crippen molar-refractivity contribution >= 4 is 34.0 Å². The zero-order valence-corrected chi connectivity index (χ0v) is 13.3. The number of nitrogens with one attached hydrogen (secondary N) is 1. The van der Waals surface area contributed by atoms with Crippen LogP contribution in [0, 0.1) is 5.92 Å². The normalized spacial score (nSPS) is 24.6. The summed E-state index contributed by atoms with van der Waals surface area (Å²) in [6.45, 7) is 0. The predicted octanol–water partition coefficient (Wildman–Crippen LogP) is 3.88. The first-order valence-electron chi connectivity index (χ1n) is 6.63. The van der Waals surface area contributed by atoms with Gasteiger partial charge in [-0.2, -0.15) is 0 Å². The van der Waals surface area contributed by atoms with Gasteiger partial charge in [0.2, 0.25) is 0 Å². The van der Waals surface area contributed by atoms with Crippen LogP contribution in [0.2, 0.25) is 10.0 Å². The molecule has 2 nitrogen and oxygen atoms in total. The molecule has 0 saturated heterocycles. The summed E-state index contributed by atoms with van der Waals surface area (Å²) in [6.07, 6.45) is 4.66. The van der Waals surface area contributed by atoms with Crippen LogP contribution in [0.5, 0.6) is 0 Å². The summed E-state index contributed by atoms with van der Waals surface area (Å²) in [6, 6.07) is 5.83. The van der Waals surface area contributed by atoms with E-state index < -0.39 is 10.8 Å². The maximum absolute atomic E-state index is 12.4. The van der Waals surface area contributed by atoms with Crippen LogP contribution in [0.15, 0.2) is 23.1 Å². The summed E-state index contributed by atoms with van der Waals surface area (Å²) in [4.78, 5) is 0.588. The molecule has 3 atom stereocenters. The number of hydrogen-bond acceptors (Lipinski definition) is 2. The van der Waals surface area contributed by atoms with Gasteiger partial charge in [-0.1, -0.05) is 35.7 Å². The van der Waals surface area contributed by atoms with E-state index in [-0.39, 0.29) is 0 Å². The lowest BCUT2D eigenvalue weighted by atomic mass is 10.0. The highest BCUT2D eigenvalue weighted by Gasteiger charge is 2.26. The zero-order chi connectivity index (χ0) is 13.8. The zero-order valence-electron chi connectivity index (χ0n) is 11.0. The van der Waals surface area contributed by atoms with E-state index in [2.05, 4.69) is 5.32 Å². The summed E-state index contributed by atoms with van der Waals surface area (Å²) >= 11 is 12.2. The fourth-order valence-electron chi connectivity index (χ4n) is 2.82. The molecule has 0 aromatic heterocycles. The van der Waals surface area contributed by atoms with Crippen molar-refractivity contribution in [2.75, 3.05) is 12.8 Å². The lowest BCUT2D eigenvalue weighted by Crippen LogP contribution is -2.29. The van der Waals surface area contributed by atoms with E-state index >= 15 is 0 Å². The molecule has 2 rings (SSSR count). The lowest BCUT2D eigenvalue weighted by molar-refractivity contribution is 0.416. The Morgan fingerprint density at radius 3 is 2.63 bits per heavy atom. The van der Waals surface area contributed by atoms with Crippen LogP contribution in [0.3, 0.4) is 0 Å². The first kappa shape index (κ1) is 15.3. The minimum absolute atomic E-state index is 0.502. The molecule has 0 spiro atoms. The molecule has 0 radical (unpaired) electrons. The van der Waals surface area contributed by atoms with Crippen LogP contribution in [0.1, 0.15) is 25.7 Å². The van der Waals surface area contributed by atoms with Gasteiger partial charge in [0.15, 0.2) is 0 Å².